The van der Waals surface area contributed by atoms with Gasteiger partial charge in [-0.25, -0.2) is 4.79 Å². The van der Waals surface area contributed by atoms with Crippen LogP contribution in [0.4, 0.5) is 0 Å². The first-order chi connectivity index (χ1) is 16.3. The van der Waals surface area contributed by atoms with Crippen molar-refractivity contribution in [3.63, 3.8) is 0 Å². The Balaban J connectivity index is 3.17. The van der Waals surface area contributed by atoms with Gasteiger partial charge in [0.25, 0.3) is 0 Å². The van der Waals surface area contributed by atoms with E-state index >= 15 is 0 Å². The molecule has 0 aromatic rings. The van der Waals surface area contributed by atoms with Crippen molar-refractivity contribution in [2.75, 3.05) is 6.61 Å². The van der Waals surface area contributed by atoms with E-state index in [1.165, 1.54) is 13.0 Å². The summed E-state index contributed by atoms with van der Waals surface area (Å²) < 4.78 is 16.2. The van der Waals surface area contributed by atoms with Gasteiger partial charge in [0.1, 0.15) is 18.3 Å². The molecule has 0 fully saturated rings. The number of aliphatic hydroxyl groups excluding tert-OH is 3. The molecule has 7 atom stereocenters. The molecule has 0 bridgehead atoms. The predicted octanol–water partition coefficient (Wildman–Crippen LogP) is -1.71. The van der Waals surface area contributed by atoms with Gasteiger partial charge >= 0.3 is 11.9 Å². The molecular formula is C22H38N4O9. The van der Waals surface area contributed by atoms with E-state index in [0.29, 0.717) is 0 Å². The molecule has 0 aromatic heterocycles. The number of amides is 1. The van der Waals surface area contributed by atoms with Gasteiger partial charge in [0.05, 0.1) is 31.4 Å². The van der Waals surface area contributed by atoms with E-state index in [0.717, 1.165) is 6.34 Å². The molecule has 0 radical (unpaired) electrons. The number of nitrogens with zero attached hydrogens (tertiary/aromatic N) is 1. The SMILES string of the molecule is CC(=O)NC1C(N=CN)C=C(C(=O)OC(OC(=O)CC(N)C(C)C)C(C)C)OC1C(O)C(O)CO. The van der Waals surface area contributed by atoms with Crippen LogP contribution >= 0.6 is 0 Å². The van der Waals surface area contributed by atoms with Gasteiger partial charge in [-0.1, -0.05) is 27.7 Å². The zero-order valence-corrected chi connectivity index (χ0v) is 20.7. The van der Waals surface area contributed by atoms with Gasteiger partial charge in [-0.3, -0.25) is 14.6 Å². The predicted molar refractivity (Wildman–Crippen MR) is 124 cm³/mol. The van der Waals surface area contributed by atoms with Gasteiger partial charge < -0.3 is 46.3 Å². The summed E-state index contributed by atoms with van der Waals surface area (Å²) >= 11 is 0. The summed E-state index contributed by atoms with van der Waals surface area (Å²) in [5.41, 5.74) is 11.3. The molecule has 1 aliphatic rings. The minimum Gasteiger partial charge on any atom is -0.478 e. The quantitative estimate of drug-likeness (QED) is 0.0763. The summed E-state index contributed by atoms with van der Waals surface area (Å²) in [5.74, 6) is -3.00. The lowest BCUT2D eigenvalue weighted by atomic mass is 9.92. The van der Waals surface area contributed by atoms with Gasteiger partial charge in [0.2, 0.25) is 18.0 Å². The Kier molecular flexibility index (Phi) is 12.1. The highest BCUT2D eigenvalue weighted by Crippen LogP contribution is 2.26. The van der Waals surface area contributed by atoms with Gasteiger partial charge in [0.15, 0.2) is 0 Å². The summed E-state index contributed by atoms with van der Waals surface area (Å²) in [4.78, 5) is 40.9. The van der Waals surface area contributed by atoms with Gasteiger partial charge in [-0.15, -0.1) is 0 Å². The molecule has 13 nitrogen and oxygen atoms in total. The Labute approximate surface area is 204 Å². The number of carbonyl (C=O) groups is 3. The fourth-order valence-electron chi connectivity index (χ4n) is 3.14. The van der Waals surface area contributed by atoms with Crippen molar-refractivity contribution in [2.24, 2.45) is 28.3 Å². The summed E-state index contributed by atoms with van der Waals surface area (Å²) in [6, 6.07) is -2.47. The number of aliphatic imine (C=N–C) groups is 1. The topological polar surface area (TPSA) is 216 Å². The molecule has 13 heteroatoms. The second kappa shape index (κ2) is 14.0. The zero-order valence-electron chi connectivity index (χ0n) is 20.7. The number of aliphatic hydroxyl groups is 3. The Morgan fingerprint density at radius 3 is 2.31 bits per heavy atom. The maximum atomic E-state index is 12.9. The summed E-state index contributed by atoms with van der Waals surface area (Å²) in [5, 5.41) is 32.2. The molecule has 200 valence electrons. The first kappa shape index (κ1) is 30.3. The van der Waals surface area contributed by atoms with E-state index in [9.17, 15) is 29.7 Å². The molecular weight excluding hydrogens is 464 g/mol. The Bertz CT molecular complexity index is 787. The second-order valence-electron chi connectivity index (χ2n) is 8.99. The number of carbonyl (C=O) groups excluding carboxylic acids is 3. The average Bonchev–Trinajstić information content (AvgIpc) is 2.77. The van der Waals surface area contributed by atoms with Crippen molar-refractivity contribution in [1.29, 1.82) is 0 Å². The van der Waals surface area contributed by atoms with Crippen LogP contribution in [0.5, 0.6) is 0 Å². The van der Waals surface area contributed by atoms with Gasteiger partial charge in [0, 0.05) is 18.9 Å². The highest BCUT2D eigenvalue weighted by molar-refractivity contribution is 5.87. The third kappa shape index (κ3) is 9.09. The lowest BCUT2D eigenvalue weighted by molar-refractivity contribution is -0.197. The smallest absolute Gasteiger partial charge is 0.376 e. The fourth-order valence-corrected chi connectivity index (χ4v) is 3.14. The zero-order chi connectivity index (χ0) is 26.9. The van der Waals surface area contributed by atoms with Crippen LogP contribution in [-0.2, 0) is 28.6 Å². The van der Waals surface area contributed by atoms with Crippen LogP contribution < -0.4 is 16.8 Å². The Morgan fingerprint density at radius 1 is 1.20 bits per heavy atom. The minimum atomic E-state index is -1.72. The van der Waals surface area contributed by atoms with Crippen LogP contribution in [0.1, 0.15) is 41.0 Å². The lowest BCUT2D eigenvalue weighted by Gasteiger charge is -2.38. The third-order valence-electron chi connectivity index (χ3n) is 5.33. The van der Waals surface area contributed by atoms with Crippen LogP contribution in [0.3, 0.4) is 0 Å². The molecule has 0 aliphatic carbocycles. The monoisotopic (exact) mass is 502 g/mol. The van der Waals surface area contributed by atoms with E-state index in [1.54, 1.807) is 13.8 Å². The number of hydrogen-bond donors (Lipinski definition) is 6. The van der Waals surface area contributed by atoms with E-state index in [1.807, 2.05) is 13.8 Å². The standard InChI is InChI=1S/C22H38N4O9/c1-10(2)13(24)6-17(30)34-22(11(3)4)35-21(32)16-7-14(25-9-23)18(26-12(5)28)20(33-16)19(31)15(29)8-27/h7,9-11,13-15,18-20,22,27,29,31H,6,8,24H2,1-5H3,(H2,23,25)(H,26,28). The van der Waals surface area contributed by atoms with E-state index in [4.69, 9.17) is 25.7 Å². The van der Waals surface area contributed by atoms with Crippen molar-refractivity contribution < 1.29 is 43.9 Å². The molecule has 8 N–H and O–H groups in total. The van der Waals surface area contributed by atoms with Crippen LogP contribution in [0.2, 0.25) is 0 Å². The number of hydrogen-bond acceptors (Lipinski definition) is 11. The Morgan fingerprint density at radius 2 is 1.83 bits per heavy atom. The summed E-state index contributed by atoms with van der Waals surface area (Å²) in [7, 11) is 0. The Hall–Kier alpha value is -2.74. The number of nitrogens with two attached hydrogens (primary N) is 2. The normalized spacial score (nSPS) is 23.7. The van der Waals surface area contributed by atoms with Gasteiger partial charge in [-0.05, 0) is 12.0 Å². The van der Waals surface area contributed by atoms with Crippen molar-refractivity contribution in [3.8, 4) is 0 Å². The van der Waals surface area contributed by atoms with Gasteiger partial charge in [-0.2, -0.15) is 0 Å². The number of nitrogens with one attached hydrogen (secondary N) is 1. The van der Waals surface area contributed by atoms with Crippen molar-refractivity contribution >= 4 is 24.2 Å². The average molecular weight is 503 g/mol. The highest BCUT2D eigenvalue weighted by atomic mass is 16.7. The lowest BCUT2D eigenvalue weighted by Crippen LogP contribution is -2.59. The van der Waals surface area contributed by atoms with Crippen LogP contribution in [-0.4, -0.2) is 88.8 Å². The maximum absolute atomic E-state index is 12.9. The van der Waals surface area contributed by atoms with E-state index < -0.39 is 78.9 Å². The summed E-state index contributed by atoms with van der Waals surface area (Å²) in [6.07, 6.45) is -3.97. The second-order valence-corrected chi connectivity index (χ2v) is 8.99. The van der Waals surface area contributed by atoms with Crippen molar-refractivity contribution in [3.05, 3.63) is 11.8 Å². The number of esters is 2. The first-order valence-electron chi connectivity index (χ1n) is 11.3. The molecule has 0 saturated carbocycles. The van der Waals surface area contributed by atoms with E-state index in [2.05, 4.69) is 10.3 Å². The first-order valence-corrected chi connectivity index (χ1v) is 11.3. The fraction of sp³-hybridized carbons (Fsp3) is 0.727. The molecule has 0 saturated heterocycles. The molecule has 1 heterocycles. The molecule has 0 spiro atoms. The minimum absolute atomic E-state index is 0.0395. The highest BCUT2D eigenvalue weighted by Gasteiger charge is 2.44. The van der Waals surface area contributed by atoms with Crippen molar-refractivity contribution in [1.82, 2.24) is 5.32 Å². The van der Waals surface area contributed by atoms with E-state index in [-0.39, 0.29) is 12.3 Å². The largest absolute Gasteiger partial charge is 0.478 e. The molecule has 1 rings (SSSR count). The molecule has 35 heavy (non-hydrogen) atoms. The van der Waals surface area contributed by atoms with Crippen LogP contribution in [0, 0.1) is 11.8 Å². The van der Waals surface area contributed by atoms with Crippen LogP contribution in [0.25, 0.3) is 0 Å². The third-order valence-corrected chi connectivity index (χ3v) is 5.33. The molecule has 0 aromatic carbocycles. The van der Waals surface area contributed by atoms with Crippen molar-refractivity contribution in [2.45, 2.75) is 83.8 Å². The van der Waals surface area contributed by atoms with Crippen LogP contribution in [0.15, 0.2) is 16.8 Å². The molecule has 1 aliphatic heterocycles. The maximum Gasteiger partial charge on any atom is 0.376 e. The molecule has 1 amide bonds. The number of rotatable bonds is 12. The summed E-state index contributed by atoms with van der Waals surface area (Å²) in [6.45, 7) is 7.46. The molecule has 7 unspecified atom stereocenters. The number of ether oxygens (including phenoxy) is 3.